The van der Waals surface area contributed by atoms with Crippen LogP contribution < -0.4 is 0 Å². The Morgan fingerprint density at radius 2 is 1.93 bits per heavy atom. The first kappa shape index (κ1) is 10.9. The fourth-order valence-electron chi connectivity index (χ4n) is 1.20. The van der Waals surface area contributed by atoms with Gasteiger partial charge in [-0.15, -0.1) is 11.6 Å². The fourth-order valence-corrected chi connectivity index (χ4v) is 1.38. The van der Waals surface area contributed by atoms with Gasteiger partial charge < -0.3 is 0 Å². The maximum absolute atomic E-state index is 8.40. The van der Waals surface area contributed by atoms with Crippen molar-refractivity contribution in [2.45, 2.75) is 24.8 Å². The maximum atomic E-state index is 8.40. The number of rotatable bonds is 3. The third-order valence-corrected chi connectivity index (χ3v) is 2.80. The summed E-state index contributed by atoms with van der Waals surface area (Å²) in [5.74, 6) is 0. The molecular weight excluding hydrogens is 198 g/mol. The number of hydrogen-bond acceptors (Lipinski definition) is 1. The lowest BCUT2D eigenvalue weighted by atomic mass is 9.95. The van der Waals surface area contributed by atoms with E-state index in [1.165, 1.54) is 0 Å². The third-order valence-electron chi connectivity index (χ3n) is 2.01. The van der Waals surface area contributed by atoms with Gasteiger partial charge in [-0.2, -0.15) is 0 Å². The van der Waals surface area contributed by atoms with Crippen molar-refractivity contribution in [3.8, 4) is 0 Å². The SMILES string of the molecule is CC(C)(N=[N+]=[N-])C(Cl)c1ccccc1. The summed E-state index contributed by atoms with van der Waals surface area (Å²) in [6.45, 7) is 3.63. The average molecular weight is 210 g/mol. The highest BCUT2D eigenvalue weighted by Crippen LogP contribution is 2.34. The zero-order chi connectivity index (χ0) is 10.6. The molecular formula is C10H12ClN3. The van der Waals surface area contributed by atoms with Crippen LogP contribution >= 0.6 is 11.6 Å². The van der Waals surface area contributed by atoms with Crippen LogP contribution in [-0.4, -0.2) is 5.54 Å². The first-order valence-corrected chi connectivity index (χ1v) is 4.77. The number of hydrogen-bond donors (Lipinski definition) is 0. The van der Waals surface area contributed by atoms with Crippen LogP contribution in [0, 0.1) is 0 Å². The smallest absolute Gasteiger partial charge is 0.0692 e. The van der Waals surface area contributed by atoms with Crippen LogP contribution in [0.25, 0.3) is 10.4 Å². The molecule has 0 spiro atoms. The first-order valence-electron chi connectivity index (χ1n) is 4.33. The molecule has 0 saturated heterocycles. The molecule has 0 heterocycles. The minimum absolute atomic E-state index is 0.306. The third kappa shape index (κ3) is 2.41. The summed E-state index contributed by atoms with van der Waals surface area (Å²) in [5.41, 5.74) is 8.75. The van der Waals surface area contributed by atoms with Gasteiger partial charge in [0, 0.05) is 4.91 Å². The second-order valence-corrected chi connectivity index (χ2v) is 4.05. The van der Waals surface area contributed by atoms with Crippen molar-refractivity contribution in [3.05, 3.63) is 46.3 Å². The summed E-state index contributed by atoms with van der Waals surface area (Å²) in [4.78, 5) is 2.79. The summed E-state index contributed by atoms with van der Waals surface area (Å²) >= 11 is 6.21. The van der Waals surface area contributed by atoms with Crippen LogP contribution in [0.5, 0.6) is 0 Å². The number of benzene rings is 1. The monoisotopic (exact) mass is 209 g/mol. The zero-order valence-electron chi connectivity index (χ0n) is 8.18. The van der Waals surface area contributed by atoms with Crippen LogP contribution in [0.4, 0.5) is 0 Å². The molecule has 0 aliphatic heterocycles. The van der Waals surface area contributed by atoms with Gasteiger partial charge in [-0.3, -0.25) is 0 Å². The quantitative estimate of drug-likeness (QED) is 0.312. The molecule has 0 aromatic heterocycles. The topological polar surface area (TPSA) is 48.8 Å². The van der Waals surface area contributed by atoms with Crippen LogP contribution in [0.1, 0.15) is 24.8 Å². The Balaban J connectivity index is 2.95. The molecule has 0 amide bonds. The summed E-state index contributed by atoms with van der Waals surface area (Å²) in [6.07, 6.45) is 0. The molecule has 0 bridgehead atoms. The highest BCUT2D eigenvalue weighted by molar-refractivity contribution is 6.21. The molecule has 1 unspecified atom stereocenters. The molecule has 4 heteroatoms. The van der Waals surface area contributed by atoms with E-state index in [4.69, 9.17) is 17.1 Å². The Morgan fingerprint density at radius 3 is 2.43 bits per heavy atom. The highest BCUT2D eigenvalue weighted by atomic mass is 35.5. The molecule has 0 saturated carbocycles. The van der Waals surface area contributed by atoms with Gasteiger partial charge in [0.1, 0.15) is 0 Å². The number of azide groups is 1. The molecule has 1 aromatic rings. The van der Waals surface area contributed by atoms with Crippen LogP contribution in [0.2, 0.25) is 0 Å². The van der Waals surface area contributed by atoms with Crippen LogP contribution in [0.15, 0.2) is 35.4 Å². The lowest BCUT2D eigenvalue weighted by Gasteiger charge is -2.24. The standard InChI is InChI=1S/C10H12ClN3/c1-10(2,13-14-12)9(11)8-6-4-3-5-7-8/h3-7,9H,1-2H3. The Bertz CT molecular complexity index is 342. The molecule has 3 nitrogen and oxygen atoms in total. The van der Waals surface area contributed by atoms with Gasteiger partial charge in [-0.25, -0.2) is 0 Å². The number of nitrogens with zero attached hydrogens (tertiary/aromatic N) is 3. The lowest BCUT2D eigenvalue weighted by molar-refractivity contribution is 0.497. The molecule has 0 fully saturated rings. The van der Waals surface area contributed by atoms with Crippen molar-refractivity contribution in [3.63, 3.8) is 0 Å². The van der Waals surface area contributed by atoms with Gasteiger partial charge in [0.15, 0.2) is 0 Å². The molecule has 1 aromatic carbocycles. The van der Waals surface area contributed by atoms with Gasteiger partial charge in [0.2, 0.25) is 0 Å². The second-order valence-electron chi connectivity index (χ2n) is 3.62. The summed E-state index contributed by atoms with van der Waals surface area (Å²) in [5, 5.41) is 3.38. The van der Waals surface area contributed by atoms with E-state index in [2.05, 4.69) is 10.0 Å². The van der Waals surface area contributed by atoms with Crippen molar-refractivity contribution in [1.29, 1.82) is 0 Å². The van der Waals surface area contributed by atoms with E-state index in [1.54, 1.807) is 0 Å². The summed E-state index contributed by atoms with van der Waals surface area (Å²) in [6, 6.07) is 9.60. The predicted octanol–water partition coefficient (Wildman–Crippen LogP) is 4.06. The molecule has 74 valence electrons. The lowest BCUT2D eigenvalue weighted by Crippen LogP contribution is -2.22. The molecule has 14 heavy (non-hydrogen) atoms. The first-order chi connectivity index (χ1) is 6.58. The molecule has 0 radical (unpaired) electrons. The number of alkyl halides is 1. The van der Waals surface area contributed by atoms with Crippen molar-refractivity contribution in [2.24, 2.45) is 5.11 Å². The van der Waals surface area contributed by atoms with E-state index in [9.17, 15) is 0 Å². The second kappa shape index (κ2) is 4.36. The Kier molecular flexibility index (Phi) is 3.39. The van der Waals surface area contributed by atoms with E-state index >= 15 is 0 Å². The van der Waals surface area contributed by atoms with E-state index in [-0.39, 0.29) is 5.38 Å². The summed E-state index contributed by atoms with van der Waals surface area (Å²) < 4.78 is 0. The minimum atomic E-state index is -0.613. The van der Waals surface area contributed by atoms with Gasteiger partial charge in [0.05, 0.1) is 10.9 Å². The molecule has 0 aliphatic carbocycles. The van der Waals surface area contributed by atoms with E-state index < -0.39 is 5.54 Å². The minimum Gasteiger partial charge on any atom is -0.117 e. The normalized spacial score (nSPS) is 13.1. The average Bonchev–Trinajstić information content (AvgIpc) is 2.18. The van der Waals surface area contributed by atoms with E-state index in [0.29, 0.717) is 0 Å². The predicted molar refractivity (Wildman–Crippen MR) is 58.3 cm³/mol. The van der Waals surface area contributed by atoms with Crippen LogP contribution in [0.3, 0.4) is 0 Å². The zero-order valence-corrected chi connectivity index (χ0v) is 8.94. The molecule has 1 rings (SSSR count). The Labute approximate surface area is 88.3 Å². The summed E-state index contributed by atoms with van der Waals surface area (Å²) in [7, 11) is 0. The van der Waals surface area contributed by atoms with E-state index in [1.807, 2.05) is 44.2 Å². The Hall–Kier alpha value is -1.18. The van der Waals surface area contributed by atoms with Gasteiger partial charge in [0.25, 0.3) is 0 Å². The number of halogens is 1. The van der Waals surface area contributed by atoms with E-state index in [0.717, 1.165) is 5.56 Å². The maximum Gasteiger partial charge on any atom is 0.0692 e. The van der Waals surface area contributed by atoms with Gasteiger partial charge >= 0.3 is 0 Å². The largest absolute Gasteiger partial charge is 0.117 e. The molecule has 0 N–H and O–H groups in total. The highest BCUT2D eigenvalue weighted by Gasteiger charge is 2.27. The van der Waals surface area contributed by atoms with Crippen molar-refractivity contribution < 1.29 is 0 Å². The van der Waals surface area contributed by atoms with Crippen molar-refractivity contribution in [1.82, 2.24) is 0 Å². The van der Waals surface area contributed by atoms with Gasteiger partial charge in [-0.05, 0) is 11.1 Å². The fraction of sp³-hybridized carbons (Fsp3) is 0.400. The van der Waals surface area contributed by atoms with Crippen LogP contribution in [-0.2, 0) is 0 Å². The molecule has 1 atom stereocenters. The van der Waals surface area contributed by atoms with Gasteiger partial charge in [-0.1, -0.05) is 49.3 Å². The molecule has 0 aliphatic rings. The van der Waals surface area contributed by atoms with Crippen molar-refractivity contribution in [2.75, 3.05) is 0 Å². The van der Waals surface area contributed by atoms with Crippen molar-refractivity contribution >= 4 is 11.6 Å². The Morgan fingerprint density at radius 1 is 1.36 bits per heavy atom.